The summed E-state index contributed by atoms with van der Waals surface area (Å²) in [6, 6.07) is 14.6. The number of methoxy groups -OCH3 is 1. The quantitative estimate of drug-likeness (QED) is 0.227. The molecule has 0 unspecified atom stereocenters. The van der Waals surface area contributed by atoms with Crippen LogP contribution in [0.4, 0.5) is 0 Å². The number of benzene rings is 2. The third-order valence-electron chi connectivity index (χ3n) is 8.74. The van der Waals surface area contributed by atoms with Crippen molar-refractivity contribution in [3.05, 3.63) is 77.6 Å². The molecule has 6 nitrogen and oxygen atoms in total. The fourth-order valence-electron chi connectivity index (χ4n) is 7.52. The molecule has 0 amide bonds. The molecule has 0 radical (unpaired) electrons. The van der Waals surface area contributed by atoms with Gasteiger partial charge in [-0.2, -0.15) is 0 Å². The lowest BCUT2D eigenvalue weighted by Gasteiger charge is -2.57. The number of carbonyl (C=O) groups excluding carboxylic acids is 1. The number of hydrogen-bond acceptors (Lipinski definition) is 6. The van der Waals surface area contributed by atoms with E-state index >= 15 is 0 Å². The molecule has 0 saturated heterocycles. The van der Waals surface area contributed by atoms with Crippen molar-refractivity contribution in [2.75, 3.05) is 13.7 Å². The molecule has 1 heterocycles. The molecule has 39 heavy (non-hydrogen) atoms. The van der Waals surface area contributed by atoms with Crippen LogP contribution >= 0.6 is 0 Å². The van der Waals surface area contributed by atoms with Crippen LogP contribution in [0.3, 0.4) is 0 Å². The van der Waals surface area contributed by atoms with Crippen LogP contribution in [0.1, 0.15) is 62.1 Å². The Kier molecular flexibility index (Phi) is 7.11. The summed E-state index contributed by atoms with van der Waals surface area (Å²) in [5, 5.41) is 0. The van der Waals surface area contributed by atoms with E-state index in [2.05, 4.69) is 28.2 Å². The molecule has 0 spiro atoms. The minimum atomic E-state index is -0.377. The second-order valence-electron chi connectivity index (χ2n) is 11.5. The van der Waals surface area contributed by atoms with Gasteiger partial charge in [-0.15, -0.1) is 0 Å². The molecule has 1 aromatic heterocycles. The minimum Gasteiger partial charge on any atom is -0.493 e. The van der Waals surface area contributed by atoms with Gasteiger partial charge in [0.2, 0.25) is 0 Å². The highest BCUT2D eigenvalue weighted by atomic mass is 16.5. The average Bonchev–Trinajstić information content (AvgIpc) is 2.95. The van der Waals surface area contributed by atoms with Gasteiger partial charge in [0.15, 0.2) is 17.3 Å². The van der Waals surface area contributed by atoms with Crippen molar-refractivity contribution in [1.29, 1.82) is 0 Å². The van der Waals surface area contributed by atoms with Crippen molar-refractivity contribution in [2.45, 2.75) is 57.5 Å². The third kappa shape index (κ3) is 5.29. The number of esters is 1. The number of rotatable bonds is 9. The summed E-state index contributed by atoms with van der Waals surface area (Å²) in [4.78, 5) is 21.0. The van der Waals surface area contributed by atoms with Gasteiger partial charge in [-0.25, -0.2) is 14.8 Å². The molecule has 2 aromatic carbocycles. The molecule has 4 saturated carbocycles. The molecular formula is C33H36N2O4. The Bertz CT molecular complexity index is 1310. The van der Waals surface area contributed by atoms with Crippen LogP contribution < -0.4 is 9.47 Å². The third-order valence-corrected chi connectivity index (χ3v) is 8.74. The average molecular weight is 525 g/mol. The van der Waals surface area contributed by atoms with Crippen molar-refractivity contribution in [3.63, 3.8) is 0 Å². The predicted octanol–water partition coefficient (Wildman–Crippen LogP) is 6.78. The second kappa shape index (κ2) is 10.8. The highest BCUT2D eigenvalue weighted by Gasteiger charge is 2.53. The van der Waals surface area contributed by atoms with Crippen LogP contribution in [0, 0.1) is 17.8 Å². The van der Waals surface area contributed by atoms with Crippen molar-refractivity contribution in [2.24, 2.45) is 17.8 Å². The van der Waals surface area contributed by atoms with Gasteiger partial charge in [0, 0.05) is 35.2 Å². The summed E-state index contributed by atoms with van der Waals surface area (Å²) in [5.41, 5.74) is 4.15. The first kappa shape index (κ1) is 25.6. The van der Waals surface area contributed by atoms with Gasteiger partial charge in [-0.05, 0) is 92.4 Å². The Labute approximate surface area is 230 Å². The van der Waals surface area contributed by atoms with Gasteiger partial charge >= 0.3 is 5.97 Å². The fraction of sp³-hybridized carbons (Fsp3) is 0.424. The van der Waals surface area contributed by atoms with E-state index in [1.165, 1.54) is 50.2 Å². The minimum absolute atomic E-state index is 0.104. The second-order valence-corrected chi connectivity index (χ2v) is 11.5. The Morgan fingerprint density at radius 3 is 2.28 bits per heavy atom. The summed E-state index contributed by atoms with van der Waals surface area (Å²) < 4.78 is 17.5. The zero-order chi connectivity index (χ0) is 26.8. The van der Waals surface area contributed by atoms with Gasteiger partial charge in [0.25, 0.3) is 0 Å². The summed E-state index contributed by atoms with van der Waals surface area (Å²) in [7, 11) is 1.71. The molecule has 0 atom stereocenters. The van der Waals surface area contributed by atoms with Gasteiger partial charge in [0.1, 0.15) is 6.61 Å². The fourth-order valence-corrected chi connectivity index (χ4v) is 7.52. The van der Waals surface area contributed by atoms with Crippen LogP contribution in [0.15, 0.2) is 60.9 Å². The highest BCUT2D eigenvalue weighted by Crippen LogP contribution is 2.63. The van der Waals surface area contributed by atoms with Crippen LogP contribution in [0.25, 0.3) is 17.5 Å². The molecule has 7 rings (SSSR count). The first-order chi connectivity index (χ1) is 19.0. The van der Waals surface area contributed by atoms with Gasteiger partial charge < -0.3 is 14.2 Å². The number of hydrogen-bond donors (Lipinski definition) is 0. The zero-order valence-corrected chi connectivity index (χ0v) is 22.8. The van der Waals surface area contributed by atoms with Crippen LogP contribution in [0.2, 0.25) is 0 Å². The first-order valence-electron chi connectivity index (χ1n) is 14.1. The Morgan fingerprint density at radius 2 is 1.67 bits per heavy atom. The summed E-state index contributed by atoms with van der Waals surface area (Å²) >= 11 is 0. The Hall–Kier alpha value is -3.67. The molecule has 4 aliphatic rings. The zero-order valence-electron chi connectivity index (χ0n) is 22.8. The van der Waals surface area contributed by atoms with Crippen LogP contribution in [-0.4, -0.2) is 29.7 Å². The maximum absolute atomic E-state index is 11.7. The maximum Gasteiger partial charge on any atom is 0.330 e. The van der Waals surface area contributed by atoms with Crippen LogP contribution in [-0.2, 0) is 21.6 Å². The van der Waals surface area contributed by atoms with Gasteiger partial charge in [0.05, 0.1) is 13.7 Å². The number of nitrogens with zero attached hydrogens (tertiary/aromatic N) is 2. The molecule has 6 heteroatoms. The van der Waals surface area contributed by atoms with Crippen molar-refractivity contribution >= 4 is 12.0 Å². The molecule has 202 valence electrons. The van der Waals surface area contributed by atoms with E-state index < -0.39 is 0 Å². The molecule has 4 aliphatic carbocycles. The monoisotopic (exact) mass is 524 g/mol. The van der Waals surface area contributed by atoms with Crippen molar-refractivity contribution in [1.82, 2.24) is 9.97 Å². The van der Waals surface area contributed by atoms with Gasteiger partial charge in [-0.3, -0.25) is 0 Å². The van der Waals surface area contributed by atoms with Crippen molar-refractivity contribution < 1.29 is 19.0 Å². The lowest BCUT2D eigenvalue weighted by atomic mass is 9.48. The standard InChI is InChI=1S/C33H36N2O4/c1-3-38-30(36)10-9-23-19-34-32(35-20-23)27-14-28(33-16-24-11-25(17-33)13-26(12-24)18-33)31(29(15-27)37-2)39-21-22-7-5-4-6-8-22/h4-10,14-15,19-20,24-26H,3,11-13,16-18,21H2,1-2H3/b10-9+. The number of ether oxygens (including phenoxy) is 3. The molecule has 4 bridgehead atoms. The van der Waals surface area contributed by atoms with Gasteiger partial charge in [-0.1, -0.05) is 30.3 Å². The SMILES string of the molecule is CCOC(=O)/C=C/c1cnc(-c2cc(OC)c(OCc3ccccc3)c(C34CC5CC(CC(C5)C3)C4)c2)nc1. The number of carbonyl (C=O) groups is 1. The molecule has 4 fully saturated rings. The van der Waals surface area contributed by atoms with E-state index in [0.29, 0.717) is 19.0 Å². The van der Waals surface area contributed by atoms with E-state index in [0.717, 1.165) is 45.9 Å². The summed E-state index contributed by atoms with van der Waals surface area (Å²) in [6.45, 7) is 2.62. The van der Waals surface area contributed by atoms with E-state index in [4.69, 9.17) is 14.2 Å². The maximum atomic E-state index is 11.7. The smallest absolute Gasteiger partial charge is 0.330 e. The van der Waals surface area contributed by atoms with E-state index in [1.807, 2.05) is 24.3 Å². The highest BCUT2D eigenvalue weighted by molar-refractivity contribution is 5.86. The number of aromatic nitrogens is 2. The molecule has 3 aromatic rings. The van der Waals surface area contributed by atoms with Crippen LogP contribution in [0.5, 0.6) is 11.5 Å². The lowest BCUT2D eigenvalue weighted by molar-refractivity contribution is -0.137. The normalized spacial score (nSPS) is 25.1. The molecular weight excluding hydrogens is 488 g/mol. The summed E-state index contributed by atoms with van der Waals surface area (Å²) in [5.74, 6) is 4.24. The lowest BCUT2D eigenvalue weighted by Crippen LogP contribution is -2.48. The van der Waals surface area contributed by atoms with E-state index in [9.17, 15) is 4.79 Å². The predicted molar refractivity (Wildman–Crippen MR) is 150 cm³/mol. The van der Waals surface area contributed by atoms with E-state index in [1.54, 1.807) is 32.5 Å². The topological polar surface area (TPSA) is 70.5 Å². The summed E-state index contributed by atoms with van der Waals surface area (Å²) in [6.07, 6.45) is 14.3. The Morgan fingerprint density at radius 1 is 1.00 bits per heavy atom. The molecule has 0 N–H and O–H groups in total. The molecule has 0 aliphatic heterocycles. The van der Waals surface area contributed by atoms with Crippen molar-refractivity contribution in [3.8, 4) is 22.9 Å². The Balaban J connectivity index is 1.37. The largest absolute Gasteiger partial charge is 0.493 e. The van der Waals surface area contributed by atoms with E-state index in [-0.39, 0.29) is 11.4 Å². The first-order valence-corrected chi connectivity index (χ1v) is 14.1.